The number of hydrogen-bond acceptors (Lipinski definition) is 16. The van der Waals surface area contributed by atoms with Crippen LogP contribution in [-0.2, 0) is 37.9 Å². The highest BCUT2D eigenvalue weighted by Crippen LogP contribution is 2.70. The molecule has 8 fully saturated rings. The lowest BCUT2D eigenvalue weighted by Gasteiger charge is -2.58. The fraction of sp³-hybridized carbons (Fsp3) is 0.956. The highest BCUT2D eigenvalue weighted by molar-refractivity contribution is 5.26. The van der Waals surface area contributed by atoms with E-state index in [-0.39, 0.29) is 23.0 Å². The second kappa shape index (κ2) is 16.8. The molecule has 16 heteroatoms. The van der Waals surface area contributed by atoms with Gasteiger partial charge in [-0.25, -0.2) is 0 Å². The fourth-order valence-corrected chi connectivity index (χ4v) is 13.9. The molecule has 1 spiro atoms. The maximum absolute atomic E-state index is 11.6. The minimum atomic E-state index is -1.71. The minimum absolute atomic E-state index is 0.00517. The molecule has 3 saturated carbocycles. The lowest BCUT2D eigenvalue weighted by molar-refractivity contribution is -0.368. The van der Waals surface area contributed by atoms with Crippen LogP contribution >= 0.6 is 0 Å². The topological polar surface area (TPSA) is 236 Å². The van der Waals surface area contributed by atoms with Gasteiger partial charge in [0.2, 0.25) is 0 Å². The highest BCUT2D eigenvalue weighted by Gasteiger charge is 2.69. The van der Waals surface area contributed by atoms with Gasteiger partial charge in [0.25, 0.3) is 0 Å². The Morgan fingerprint density at radius 2 is 1.34 bits per heavy atom. The standard InChI is InChI=1S/C45H72O16/c1-19-9-14-45(55-17-19)20(2)30-28(61-45)16-27-25-8-7-23-15-24(10-12-43(23,5)26(25)11-13-44(27,30)6)58-42-38(53)35(50)39(60-41-37(52)34(49)32(47)22(4)57-41)29(59-42)18-54-40-36(51)33(48)31(46)21(3)56-40/h7,19-22,24-42,46-53H,8-18H2,1-6H3. The molecule has 16 nitrogen and oxygen atoms in total. The summed E-state index contributed by atoms with van der Waals surface area (Å²) in [5.41, 5.74) is 1.58. The van der Waals surface area contributed by atoms with Crippen LogP contribution in [0.3, 0.4) is 0 Å². The van der Waals surface area contributed by atoms with E-state index in [1.54, 1.807) is 0 Å². The first kappa shape index (κ1) is 45.3. The van der Waals surface area contributed by atoms with Gasteiger partial charge < -0.3 is 78.7 Å². The van der Waals surface area contributed by atoms with Crippen molar-refractivity contribution in [2.75, 3.05) is 13.2 Å². The Bertz CT molecular complexity index is 1590. The molecule has 0 aromatic heterocycles. The lowest BCUT2D eigenvalue weighted by atomic mass is 9.47. The van der Waals surface area contributed by atoms with Crippen molar-refractivity contribution in [2.24, 2.45) is 46.3 Å². The quantitative estimate of drug-likeness (QED) is 0.168. The number of rotatable bonds is 7. The smallest absolute Gasteiger partial charge is 0.187 e. The Hall–Kier alpha value is -0.900. The van der Waals surface area contributed by atoms with E-state index in [2.05, 4.69) is 33.8 Å². The van der Waals surface area contributed by atoms with Gasteiger partial charge in [0, 0.05) is 12.3 Å². The zero-order chi connectivity index (χ0) is 43.5. The van der Waals surface area contributed by atoms with Gasteiger partial charge in [-0.2, -0.15) is 0 Å². The van der Waals surface area contributed by atoms with E-state index in [1.165, 1.54) is 32.3 Å². The molecule has 348 valence electrons. The number of aliphatic hydroxyl groups is 8. The van der Waals surface area contributed by atoms with E-state index in [0.29, 0.717) is 48.3 Å². The third-order valence-corrected chi connectivity index (χ3v) is 17.6. The van der Waals surface area contributed by atoms with Crippen LogP contribution in [-0.4, -0.2) is 164 Å². The first-order valence-electron chi connectivity index (χ1n) is 23.2. The van der Waals surface area contributed by atoms with E-state index in [1.807, 2.05) is 0 Å². The van der Waals surface area contributed by atoms with Crippen molar-refractivity contribution in [1.82, 2.24) is 0 Å². The van der Waals surface area contributed by atoms with Crippen LogP contribution in [0.1, 0.15) is 99.3 Å². The number of aliphatic hydroxyl groups excluding tert-OH is 8. The molecule has 61 heavy (non-hydrogen) atoms. The zero-order valence-corrected chi connectivity index (χ0v) is 36.5. The average Bonchev–Trinajstić information content (AvgIpc) is 3.68. The summed E-state index contributed by atoms with van der Waals surface area (Å²) in [5.74, 6) is 2.71. The summed E-state index contributed by atoms with van der Waals surface area (Å²) in [6.45, 7) is 13.0. The Morgan fingerprint density at radius 3 is 2.03 bits per heavy atom. The molecule has 5 saturated heterocycles. The van der Waals surface area contributed by atoms with Crippen LogP contribution < -0.4 is 0 Å². The third-order valence-electron chi connectivity index (χ3n) is 17.6. The molecular weight excluding hydrogens is 796 g/mol. The minimum Gasteiger partial charge on any atom is -0.388 e. The van der Waals surface area contributed by atoms with E-state index >= 15 is 0 Å². The van der Waals surface area contributed by atoms with Crippen LogP contribution in [0.2, 0.25) is 0 Å². The van der Waals surface area contributed by atoms with Crippen molar-refractivity contribution in [3.63, 3.8) is 0 Å². The Morgan fingerprint density at radius 1 is 0.689 bits per heavy atom. The van der Waals surface area contributed by atoms with Crippen LogP contribution in [0.25, 0.3) is 0 Å². The van der Waals surface area contributed by atoms with E-state index in [0.717, 1.165) is 38.7 Å². The SMILES string of the molecule is CC1CCC2(OC1)OC1CC3C4CC=C5CC(OC6OC(COC7OC(C)C(O)C(O)C7O)C(OC7OC(C)C(O)C(O)C7O)C(O)C6O)CCC5(C)C4CCC3(C)C1C2C. The zero-order valence-electron chi connectivity index (χ0n) is 36.5. The number of ether oxygens (including phenoxy) is 8. The number of fused-ring (bicyclic) bond motifs is 7. The van der Waals surface area contributed by atoms with Crippen LogP contribution in [0.5, 0.6) is 0 Å². The van der Waals surface area contributed by atoms with Gasteiger partial charge in [0.1, 0.15) is 61.0 Å². The predicted molar refractivity (Wildman–Crippen MR) is 213 cm³/mol. The van der Waals surface area contributed by atoms with E-state index in [4.69, 9.17) is 37.9 Å². The van der Waals surface area contributed by atoms with Gasteiger partial charge in [0.15, 0.2) is 24.7 Å². The summed E-state index contributed by atoms with van der Waals surface area (Å²) in [6, 6.07) is 0. The summed E-state index contributed by atoms with van der Waals surface area (Å²) in [5, 5.41) is 85.8. The van der Waals surface area contributed by atoms with Crippen LogP contribution in [0.15, 0.2) is 11.6 Å². The number of hydrogen-bond donors (Lipinski definition) is 8. The largest absolute Gasteiger partial charge is 0.388 e. The molecule has 0 amide bonds. The third kappa shape index (κ3) is 7.52. The first-order valence-corrected chi connectivity index (χ1v) is 23.2. The maximum Gasteiger partial charge on any atom is 0.187 e. The molecule has 26 atom stereocenters. The molecular formula is C45H72O16. The molecule has 9 rings (SSSR count). The molecule has 0 aromatic carbocycles. The molecule has 9 aliphatic rings. The molecule has 0 radical (unpaired) electrons. The molecule has 0 bridgehead atoms. The van der Waals surface area contributed by atoms with E-state index < -0.39 is 105 Å². The summed E-state index contributed by atoms with van der Waals surface area (Å²) in [4.78, 5) is 0. The molecule has 4 aliphatic carbocycles. The molecule has 26 unspecified atom stereocenters. The Balaban J connectivity index is 0.880. The van der Waals surface area contributed by atoms with E-state index in [9.17, 15) is 40.9 Å². The van der Waals surface area contributed by atoms with Crippen molar-refractivity contribution in [3.8, 4) is 0 Å². The fourth-order valence-electron chi connectivity index (χ4n) is 13.9. The monoisotopic (exact) mass is 868 g/mol. The van der Waals surface area contributed by atoms with Crippen molar-refractivity contribution >= 4 is 0 Å². The molecule has 5 aliphatic heterocycles. The average molecular weight is 869 g/mol. The van der Waals surface area contributed by atoms with Crippen LogP contribution in [0, 0.1) is 46.3 Å². The first-order chi connectivity index (χ1) is 28.9. The Labute approximate surface area is 358 Å². The van der Waals surface area contributed by atoms with Crippen molar-refractivity contribution < 1.29 is 78.7 Å². The highest BCUT2D eigenvalue weighted by atomic mass is 16.8. The molecule has 8 N–H and O–H groups in total. The lowest BCUT2D eigenvalue weighted by Crippen LogP contribution is -2.65. The van der Waals surface area contributed by atoms with Gasteiger partial charge in [-0.15, -0.1) is 0 Å². The Kier molecular flexibility index (Phi) is 12.4. The van der Waals surface area contributed by atoms with Crippen molar-refractivity contribution in [3.05, 3.63) is 11.6 Å². The molecule has 0 aromatic rings. The second-order valence-corrected chi connectivity index (χ2v) is 21.1. The normalized spacial score (nSPS) is 58.4. The summed E-state index contributed by atoms with van der Waals surface area (Å²) in [6.07, 6.45) is -10.00. The van der Waals surface area contributed by atoms with Gasteiger partial charge >= 0.3 is 0 Å². The van der Waals surface area contributed by atoms with Gasteiger partial charge in [-0.1, -0.05) is 39.3 Å². The van der Waals surface area contributed by atoms with Gasteiger partial charge in [-0.3, -0.25) is 0 Å². The maximum atomic E-state index is 11.6. The predicted octanol–water partition coefficient (Wildman–Crippen LogP) is 1.24. The summed E-state index contributed by atoms with van der Waals surface area (Å²) < 4.78 is 49.5. The van der Waals surface area contributed by atoms with Crippen LogP contribution in [0.4, 0.5) is 0 Å². The number of allylic oxidation sites excluding steroid dienone is 1. The van der Waals surface area contributed by atoms with Crippen molar-refractivity contribution in [1.29, 1.82) is 0 Å². The van der Waals surface area contributed by atoms with Gasteiger partial charge in [0.05, 0.1) is 37.6 Å². The van der Waals surface area contributed by atoms with Gasteiger partial charge in [-0.05, 0) is 106 Å². The van der Waals surface area contributed by atoms with Crippen molar-refractivity contribution in [2.45, 2.75) is 209 Å². The summed E-state index contributed by atoms with van der Waals surface area (Å²) >= 11 is 0. The molecule has 5 heterocycles. The second-order valence-electron chi connectivity index (χ2n) is 21.1. The summed E-state index contributed by atoms with van der Waals surface area (Å²) in [7, 11) is 0.